The van der Waals surface area contributed by atoms with Crippen molar-refractivity contribution in [3.8, 4) is 0 Å². The largest absolute Gasteiger partial charge is 0.233 e. The van der Waals surface area contributed by atoms with Gasteiger partial charge in [-0.05, 0) is 18.6 Å². The van der Waals surface area contributed by atoms with Crippen LogP contribution in [0.5, 0.6) is 0 Å². The number of hydrogen-bond acceptors (Lipinski definition) is 1. The van der Waals surface area contributed by atoms with E-state index in [-0.39, 0.29) is 16.1 Å². The number of aromatic nitrogens is 1. The van der Waals surface area contributed by atoms with Crippen molar-refractivity contribution < 1.29 is 13.2 Å². The summed E-state index contributed by atoms with van der Waals surface area (Å²) in [5.41, 5.74) is 0.206. The van der Waals surface area contributed by atoms with Crippen LogP contribution in [0.25, 0.3) is 10.9 Å². The molecular formula is C10H5ClF3N. The Balaban J connectivity index is 2.97. The highest BCUT2D eigenvalue weighted by atomic mass is 35.5. The number of halogens is 4. The van der Waals surface area contributed by atoms with Crippen LogP contribution in [0.15, 0.2) is 12.1 Å². The summed E-state index contributed by atoms with van der Waals surface area (Å²) in [5.74, 6) is -3.27. The molecule has 2 rings (SSSR count). The highest BCUT2D eigenvalue weighted by Gasteiger charge is 2.14. The minimum absolute atomic E-state index is 0.0763. The van der Waals surface area contributed by atoms with Crippen LogP contribution in [0.2, 0.25) is 5.15 Å². The average molecular weight is 232 g/mol. The van der Waals surface area contributed by atoms with Gasteiger partial charge in [0.05, 0.1) is 0 Å². The van der Waals surface area contributed by atoms with Crippen molar-refractivity contribution in [2.45, 2.75) is 6.92 Å². The van der Waals surface area contributed by atoms with E-state index in [4.69, 9.17) is 11.6 Å². The van der Waals surface area contributed by atoms with E-state index in [0.29, 0.717) is 11.6 Å². The Labute approximate surface area is 88.5 Å². The number of pyridine rings is 1. The first-order valence-electron chi connectivity index (χ1n) is 4.11. The minimum atomic E-state index is -1.23. The Kier molecular flexibility index (Phi) is 2.31. The van der Waals surface area contributed by atoms with Crippen LogP contribution in [0.1, 0.15) is 5.56 Å². The van der Waals surface area contributed by atoms with E-state index < -0.39 is 17.5 Å². The smallest absolute Gasteiger partial charge is 0.168 e. The van der Waals surface area contributed by atoms with Gasteiger partial charge in [-0.3, -0.25) is 0 Å². The fourth-order valence-corrected chi connectivity index (χ4v) is 1.45. The highest BCUT2D eigenvalue weighted by molar-refractivity contribution is 6.30. The summed E-state index contributed by atoms with van der Waals surface area (Å²) in [6.45, 7) is 1.58. The summed E-state index contributed by atoms with van der Waals surface area (Å²) in [5, 5.41) is -0.123. The second-order valence-electron chi connectivity index (χ2n) is 3.15. The maximum Gasteiger partial charge on any atom is 0.168 e. The topological polar surface area (TPSA) is 12.9 Å². The van der Waals surface area contributed by atoms with Crippen molar-refractivity contribution in [3.63, 3.8) is 0 Å². The van der Waals surface area contributed by atoms with Crippen LogP contribution >= 0.6 is 11.6 Å². The molecule has 1 aromatic heterocycles. The third-order valence-electron chi connectivity index (χ3n) is 2.08. The molecule has 5 heteroatoms. The van der Waals surface area contributed by atoms with Crippen molar-refractivity contribution in [3.05, 3.63) is 40.3 Å². The lowest BCUT2D eigenvalue weighted by Crippen LogP contribution is -1.94. The molecule has 0 unspecified atom stereocenters. The van der Waals surface area contributed by atoms with Gasteiger partial charge in [0, 0.05) is 11.5 Å². The van der Waals surface area contributed by atoms with Crippen LogP contribution < -0.4 is 0 Å². The normalized spacial score (nSPS) is 11.0. The lowest BCUT2D eigenvalue weighted by Gasteiger charge is -2.04. The third-order valence-corrected chi connectivity index (χ3v) is 2.46. The van der Waals surface area contributed by atoms with E-state index in [1.807, 2.05) is 0 Å². The van der Waals surface area contributed by atoms with Crippen LogP contribution in [0, 0.1) is 24.4 Å². The van der Waals surface area contributed by atoms with Crippen molar-refractivity contribution in [2.24, 2.45) is 0 Å². The van der Waals surface area contributed by atoms with Crippen LogP contribution in [0.4, 0.5) is 13.2 Å². The SMILES string of the molecule is Cc1cc2c(F)c(F)cc(F)c2nc1Cl. The number of nitrogens with zero attached hydrogens (tertiary/aromatic N) is 1. The number of hydrogen-bond donors (Lipinski definition) is 0. The Bertz CT molecular complexity index is 554. The lowest BCUT2D eigenvalue weighted by atomic mass is 10.1. The molecule has 0 bridgehead atoms. The van der Waals surface area contributed by atoms with Gasteiger partial charge in [0.1, 0.15) is 10.7 Å². The Morgan fingerprint density at radius 1 is 1.13 bits per heavy atom. The predicted molar refractivity (Wildman–Crippen MR) is 51.4 cm³/mol. The van der Waals surface area contributed by atoms with Gasteiger partial charge in [-0.15, -0.1) is 0 Å². The van der Waals surface area contributed by atoms with Gasteiger partial charge < -0.3 is 0 Å². The van der Waals surface area contributed by atoms with E-state index >= 15 is 0 Å². The monoisotopic (exact) mass is 231 g/mol. The zero-order chi connectivity index (χ0) is 11.2. The molecule has 78 valence electrons. The molecule has 0 atom stereocenters. The van der Waals surface area contributed by atoms with E-state index in [1.165, 1.54) is 6.07 Å². The number of aryl methyl sites for hydroxylation is 1. The number of fused-ring (bicyclic) bond motifs is 1. The average Bonchev–Trinajstić information content (AvgIpc) is 2.18. The van der Waals surface area contributed by atoms with Crippen molar-refractivity contribution in [1.82, 2.24) is 4.98 Å². The molecule has 15 heavy (non-hydrogen) atoms. The van der Waals surface area contributed by atoms with E-state index in [1.54, 1.807) is 6.92 Å². The number of rotatable bonds is 0. The Hall–Kier alpha value is -1.29. The summed E-state index contributed by atoms with van der Waals surface area (Å²) >= 11 is 5.66. The molecule has 2 aromatic rings. The Morgan fingerprint density at radius 3 is 2.47 bits per heavy atom. The van der Waals surface area contributed by atoms with Gasteiger partial charge >= 0.3 is 0 Å². The quantitative estimate of drug-likeness (QED) is 0.499. The van der Waals surface area contributed by atoms with Gasteiger partial charge in [0.2, 0.25) is 0 Å². The van der Waals surface area contributed by atoms with Crippen LogP contribution in [0.3, 0.4) is 0 Å². The molecule has 0 saturated heterocycles. The highest BCUT2D eigenvalue weighted by Crippen LogP contribution is 2.25. The summed E-state index contributed by atoms with van der Waals surface area (Å²) in [6, 6.07) is 1.72. The van der Waals surface area contributed by atoms with Gasteiger partial charge in [-0.1, -0.05) is 11.6 Å². The first kappa shape index (κ1) is 10.2. The molecule has 0 aliphatic heterocycles. The van der Waals surface area contributed by atoms with Crippen molar-refractivity contribution >= 4 is 22.5 Å². The molecule has 0 spiro atoms. The molecule has 0 amide bonds. The van der Waals surface area contributed by atoms with Gasteiger partial charge in [-0.25, -0.2) is 18.2 Å². The molecule has 1 heterocycles. The molecule has 1 aromatic carbocycles. The van der Waals surface area contributed by atoms with Crippen LogP contribution in [-0.2, 0) is 0 Å². The molecule has 0 aliphatic rings. The second-order valence-corrected chi connectivity index (χ2v) is 3.50. The number of benzene rings is 1. The van der Waals surface area contributed by atoms with E-state index in [0.717, 1.165) is 0 Å². The van der Waals surface area contributed by atoms with Crippen molar-refractivity contribution in [2.75, 3.05) is 0 Å². The fraction of sp³-hybridized carbons (Fsp3) is 0.100. The first-order valence-corrected chi connectivity index (χ1v) is 4.49. The molecule has 0 radical (unpaired) electrons. The van der Waals surface area contributed by atoms with E-state index in [9.17, 15) is 13.2 Å². The zero-order valence-corrected chi connectivity index (χ0v) is 8.37. The summed E-state index contributed by atoms with van der Waals surface area (Å²) in [7, 11) is 0. The van der Waals surface area contributed by atoms with Crippen molar-refractivity contribution in [1.29, 1.82) is 0 Å². The Morgan fingerprint density at radius 2 is 1.80 bits per heavy atom. The summed E-state index contributed by atoms with van der Waals surface area (Å²) in [6.07, 6.45) is 0. The minimum Gasteiger partial charge on any atom is -0.233 e. The maximum atomic E-state index is 13.3. The van der Waals surface area contributed by atoms with Crippen LogP contribution in [-0.4, -0.2) is 4.98 Å². The molecule has 0 aliphatic carbocycles. The second kappa shape index (κ2) is 3.38. The predicted octanol–water partition coefficient (Wildman–Crippen LogP) is 3.61. The lowest BCUT2D eigenvalue weighted by molar-refractivity contribution is 0.505. The molecule has 0 fully saturated rings. The maximum absolute atomic E-state index is 13.3. The first-order chi connectivity index (χ1) is 7.00. The summed E-state index contributed by atoms with van der Waals surface area (Å²) in [4.78, 5) is 3.66. The van der Waals surface area contributed by atoms with Gasteiger partial charge in [-0.2, -0.15) is 0 Å². The summed E-state index contributed by atoms with van der Waals surface area (Å²) < 4.78 is 39.3. The standard InChI is InChI=1S/C10H5ClF3N/c1-4-2-5-8(14)6(12)3-7(13)9(5)15-10(4)11/h2-3H,1H3. The third kappa shape index (κ3) is 1.55. The molecule has 1 nitrogen and oxygen atoms in total. The van der Waals surface area contributed by atoms with Gasteiger partial charge in [0.15, 0.2) is 17.5 Å². The molecule has 0 N–H and O–H groups in total. The zero-order valence-electron chi connectivity index (χ0n) is 7.61. The van der Waals surface area contributed by atoms with E-state index in [2.05, 4.69) is 4.98 Å². The molecular weight excluding hydrogens is 227 g/mol. The fourth-order valence-electron chi connectivity index (χ4n) is 1.31. The molecule has 0 saturated carbocycles. The van der Waals surface area contributed by atoms with Gasteiger partial charge in [0.25, 0.3) is 0 Å².